The number of hydrogen-bond donors (Lipinski definition) is 0. The highest BCUT2D eigenvalue weighted by Gasteiger charge is 2.21. The van der Waals surface area contributed by atoms with Crippen molar-refractivity contribution >= 4 is 97.1 Å². The molecule has 0 unspecified atom stereocenters. The Kier molecular flexibility index (Phi) is 5.65. The molecule has 52 heavy (non-hydrogen) atoms. The largest absolute Gasteiger partial charge is 0.456 e. The van der Waals surface area contributed by atoms with Gasteiger partial charge in [0.2, 0.25) is 0 Å². The summed E-state index contributed by atoms with van der Waals surface area (Å²) in [6.45, 7) is 0. The van der Waals surface area contributed by atoms with Gasteiger partial charge in [0, 0.05) is 63.9 Å². The van der Waals surface area contributed by atoms with Crippen LogP contribution in [0.25, 0.3) is 108 Å². The number of fused-ring (bicyclic) bond motifs is 13. The Morgan fingerprint density at radius 3 is 1.60 bits per heavy atom. The maximum atomic E-state index is 6.23. The number of thiophene rings is 1. The van der Waals surface area contributed by atoms with Gasteiger partial charge in [0.25, 0.3) is 0 Å². The molecule has 4 aromatic heterocycles. The van der Waals surface area contributed by atoms with E-state index < -0.39 is 0 Å². The van der Waals surface area contributed by atoms with Gasteiger partial charge in [-0.3, -0.25) is 0 Å². The average Bonchev–Trinajstić information content (AvgIpc) is 3.94. The summed E-state index contributed by atoms with van der Waals surface area (Å²) < 4.78 is 13.7. The Labute approximate surface area is 301 Å². The summed E-state index contributed by atoms with van der Waals surface area (Å²) in [5.41, 5.74) is 11.4. The zero-order valence-electron chi connectivity index (χ0n) is 27.9. The second kappa shape index (κ2) is 10.5. The molecule has 0 saturated heterocycles. The molecule has 0 fully saturated rings. The molecule has 0 spiro atoms. The van der Waals surface area contributed by atoms with Crippen molar-refractivity contribution in [2.24, 2.45) is 0 Å². The van der Waals surface area contributed by atoms with Crippen molar-refractivity contribution in [2.75, 3.05) is 0 Å². The summed E-state index contributed by atoms with van der Waals surface area (Å²) in [5, 5.41) is 9.91. The van der Waals surface area contributed by atoms with Crippen LogP contribution in [0, 0.1) is 0 Å². The molecule has 0 radical (unpaired) electrons. The van der Waals surface area contributed by atoms with Gasteiger partial charge >= 0.3 is 0 Å². The highest BCUT2D eigenvalue weighted by Crippen LogP contribution is 2.43. The number of benzene rings is 8. The summed E-state index contributed by atoms with van der Waals surface area (Å²) in [5.74, 6) is 0. The van der Waals surface area contributed by atoms with Gasteiger partial charge in [-0.1, -0.05) is 109 Å². The van der Waals surface area contributed by atoms with E-state index >= 15 is 0 Å². The summed E-state index contributed by atoms with van der Waals surface area (Å²) in [6, 6.07) is 61.8. The lowest BCUT2D eigenvalue weighted by Gasteiger charge is -2.12. The van der Waals surface area contributed by atoms with E-state index in [0.717, 1.165) is 38.9 Å². The van der Waals surface area contributed by atoms with Gasteiger partial charge in [-0.2, -0.15) is 0 Å². The molecule has 12 aromatic rings. The van der Waals surface area contributed by atoms with Crippen LogP contribution in [0.2, 0.25) is 0 Å². The number of furan rings is 1. The number of hydrogen-bond acceptors (Lipinski definition) is 2. The predicted molar refractivity (Wildman–Crippen MR) is 221 cm³/mol. The normalized spacial score (nSPS) is 12.2. The van der Waals surface area contributed by atoms with Crippen LogP contribution in [-0.4, -0.2) is 9.13 Å². The SMILES string of the molecule is c1ccc(-n2c3ccccc3c3ccc4c5ccccc5n(-c5ccc6c(c5)sc5cc(-c7ccc8c(c7)oc7ccccc78)ccc56)c4c32)cc1. The minimum atomic E-state index is 0.923. The van der Waals surface area contributed by atoms with E-state index in [4.69, 9.17) is 4.42 Å². The lowest BCUT2D eigenvalue weighted by atomic mass is 10.0. The molecule has 3 nitrogen and oxygen atoms in total. The third-order valence-electron chi connectivity index (χ3n) is 10.9. The van der Waals surface area contributed by atoms with Crippen LogP contribution in [0.1, 0.15) is 0 Å². The van der Waals surface area contributed by atoms with Gasteiger partial charge in [-0.05, 0) is 71.8 Å². The molecule has 4 heteroatoms. The maximum absolute atomic E-state index is 6.23. The summed E-state index contributed by atoms with van der Waals surface area (Å²) in [6.07, 6.45) is 0. The quantitative estimate of drug-likeness (QED) is 0.182. The monoisotopic (exact) mass is 680 g/mol. The van der Waals surface area contributed by atoms with E-state index in [1.54, 1.807) is 0 Å². The second-order valence-electron chi connectivity index (χ2n) is 13.7. The van der Waals surface area contributed by atoms with Gasteiger partial charge in [-0.15, -0.1) is 11.3 Å². The van der Waals surface area contributed by atoms with Crippen molar-refractivity contribution < 1.29 is 4.42 Å². The van der Waals surface area contributed by atoms with E-state index in [9.17, 15) is 0 Å². The minimum absolute atomic E-state index is 0.923. The van der Waals surface area contributed by atoms with Gasteiger partial charge < -0.3 is 13.6 Å². The highest BCUT2D eigenvalue weighted by molar-refractivity contribution is 7.25. The predicted octanol–water partition coefficient (Wildman–Crippen LogP) is 13.8. The lowest BCUT2D eigenvalue weighted by Crippen LogP contribution is -1.98. The Balaban J connectivity index is 1.09. The van der Waals surface area contributed by atoms with Crippen LogP contribution in [-0.2, 0) is 0 Å². The Bertz CT molecular complexity index is 3410. The fourth-order valence-corrected chi connectivity index (χ4v) is 9.78. The van der Waals surface area contributed by atoms with E-state index in [0.29, 0.717) is 0 Å². The van der Waals surface area contributed by atoms with Crippen molar-refractivity contribution in [2.45, 2.75) is 0 Å². The van der Waals surface area contributed by atoms with E-state index in [2.05, 4.69) is 167 Å². The summed E-state index contributed by atoms with van der Waals surface area (Å²) in [7, 11) is 0. The number of aromatic nitrogens is 2. The van der Waals surface area contributed by atoms with Crippen LogP contribution in [0.4, 0.5) is 0 Å². The van der Waals surface area contributed by atoms with Gasteiger partial charge in [0.05, 0.1) is 22.1 Å². The molecule has 0 aliphatic heterocycles. The van der Waals surface area contributed by atoms with Crippen LogP contribution >= 0.6 is 11.3 Å². The van der Waals surface area contributed by atoms with Crippen LogP contribution in [0.3, 0.4) is 0 Å². The first-order chi connectivity index (χ1) is 25.8. The highest BCUT2D eigenvalue weighted by atomic mass is 32.1. The zero-order valence-corrected chi connectivity index (χ0v) is 28.7. The molecule has 8 aromatic carbocycles. The van der Waals surface area contributed by atoms with E-state index in [1.165, 1.54) is 69.3 Å². The van der Waals surface area contributed by atoms with E-state index in [-0.39, 0.29) is 0 Å². The lowest BCUT2D eigenvalue weighted by molar-refractivity contribution is 0.669. The minimum Gasteiger partial charge on any atom is -0.456 e. The molecular formula is C48H28N2OS. The number of rotatable bonds is 3. The molecule has 12 rings (SSSR count). The van der Waals surface area contributed by atoms with Gasteiger partial charge in [0.15, 0.2) is 0 Å². The van der Waals surface area contributed by atoms with Crippen molar-refractivity contribution in [3.05, 3.63) is 170 Å². The maximum Gasteiger partial charge on any atom is 0.136 e. The molecule has 0 bridgehead atoms. The molecule has 0 amide bonds. The van der Waals surface area contributed by atoms with Gasteiger partial charge in [0.1, 0.15) is 11.2 Å². The standard InChI is InChI=1S/C48H28N2OS/c1-2-10-31(11-3-1)49-41-15-7-4-12-33(41)39-24-25-40-34-13-5-8-16-42(34)50(48(40)47(39)49)32-20-23-38-37-22-19-30(27-45(37)52-46(38)28-32)29-18-21-36-35-14-6-9-17-43(35)51-44(36)26-29/h1-28H. The second-order valence-corrected chi connectivity index (χ2v) is 14.8. The molecule has 0 atom stereocenters. The molecule has 0 saturated carbocycles. The van der Waals surface area contributed by atoms with Crippen LogP contribution < -0.4 is 0 Å². The first-order valence-electron chi connectivity index (χ1n) is 17.7. The van der Waals surface area contributed by atoms with Gasteiger partial charge in [-0.25, -0.2) is 0 Å². The third kappa shape index (κ3) is 3.84. The molecule has 242 valence electrons. The summed E-state index contributed by atoms with van der Waals surface area (Å²) >= 11 is 1.87. The number of nitrogens with zero attached hydrogens (tertiary/aromatic N) is 2. The summed E-state index contributed by atoms with van der Waals surface area (Å²) in [4.78, 5) is 0. The molecular weight excluding hydrogens is 653 g/mol. The van der Waals surface area contributed by atoms with Crippen LogP contribution in [0.5, 0.6) is 0 Å². The van der Waals surface area contributed by atoms with E-state index in [1.807, 2.05) is 23.5 Å². The van der Waals surface area contributed by atoms with Crippen molar-refractivity contribution in [1.82, 2.24) is 9.13 Å². The first kappa shape index (κ1) is 28.1. The Morgan fingerprint density at radius 2 is 0.865 bits per heavy atom. The van der Waals surface area contributed by atoms with Crippen molar-refractivity contribution in [3.8, 4) is 22.5 Å². The molecule has 0 aliphatic carbocycles. The molecule has 4 heterocycles. The first-order valence-corrected chi connectivity index (χ1v) is 18.5. The third-order valence-corrected chi connectivity index (χ3v) is 12.0. The van der Waals surface area contributed by atoms with Crippen molar-refractivity contribution in [3.63, 3.8) is 0 Å². The Hall–Kier alpha value is -6.62. The fourth-order valence-electron chi connectivity index (χ4n) is 8.60. The Morgan fingerprint density at radius 1 is 0.346 bits per heavy atom. The number of para-hydroxylation sites is 4. The zero-order chi connectivity index (χ0) is 33.9. The fraction of sp³-hybridized carbons (Fsp3) is 0. The average molecular weight is 681 g/mol. The molecule has 0 aliphatic rings. The van der Waals surface area contributed by atoms with Crippen LogP contribution in [0.15, 0.2) is 174 Å². The molecule has 0 N–H and O–H groups in total. The smallest absolute Gasteiger partial charge is 0.136 e. The topological polar surface area (TPSA) is 23.0 Å². The van der Waals surface area contributed by atoms with Crippen molar-refractivity contribution in [1.29, 1.82) is 0 Å².